The summed E-state index contributed by atoms with van der Waals surface area (Å²) in [5.74, 6) is -4.20. The van der Waals surface area contributed by atoms with E-state index in [4.69, 9.17) is 4.74 Å². The normalized spacial score (nSPS) is 50.6. The average molecular weight is 918 g/mol. The van der Waals surface area contributed by atoms with Crippen molar-refractivity contribution < 1.29 is 50.4 Å². The van der Waals surface area contributed by atoms with Crippen LogP contribution in [0.15, 0.2) is 59.7 Å². The van der Waals surface area contributed by atoms with Crippen molar-refractivity contribution in [2.75, 3.05) is 19.7 Å². The van der Waals surface area contributed by atoms with Crippen molar-refractivity contribution in [3.8, 4) is 11.5 Å². The van der Waals surface area contributed by atoms with Crippen LogP contribution in [0, 0.1) is 63.1 Å². The molecule has 1 aliphatic heterocycles. The second-order valence-electron chi connectivity index (χ2n) is 24.4. The Labute approximate surface area is 393 Å². The number of hydrogen-bond acceptors (Lipinski definition) is 11. The van der Waals surface area contributed by atoms with E-state index in [1.54, 1.807) is 12.1 Å². The zero-order valence-electron chi connectivity index (χ0n) is 39.7. The molecule has 9 N–H and O–H groups in total. The van der Waals surface area contributed by atoms with Gasteiger partial charge < -0.3 is 50.9 Å². The summed E-state index contributed by atoms with van der Waals surface area (Å²) in [6.07, 6.45) is 9.70. The number of allylic oxidation sites excluding steroid dienone is 2. The molecule has 0 amide bonds. The Morgan fingerprint density at radius 1 is 0.925 bits per heavy atom. The molecule has 0 aromatic heterocycles. The van der Waals surface area contributed by atoms with Gasteiger partial charge in [-0.2, -0.15) is 0 Å². The molecular weight excluding hydrogens is 847 g/mol. The standard InChI is InChI=1S/C56H71NO10/c1-6-57-27-33-24-49(3)14-13-37(33)56(48(63)29(49)2)54(65,17-18-58)47-42(67-56)25-55(66)39-23-41(61)45-44-36-21-34(59)22-40(60)35(36)12-16-53(44,64)43(62)26-50(45,4)46(39)52(28-51(47,55)5)15-11-32-19-30-9-7-8-10-31(30)20-38(32)52/h7-10,19-24,29,32,37-38,42-48,57-60,62-66H,6,11-18,25-28H2,1-5H3. The number of ketones is 1. The number of nitrogens with one attached hydrogen (secondary N) is 1. The van der Waals surface area contributed by atoms with Crippen molar-refractivity contribution >= 4 is 17.9 Å². The smallest absolute Gasteiger partial charge is 0.160 e. The minimum Gasteiger partial charge on any atom is -0.508 e. The van der Waals surface area contributed by atoms with Gasteiger partial charge in [-0.05, 0) is 137 Å². The highest BCUT2D eigenvalue weighted by Crippen LogP contribution is 2.81. The molecule has 6 fully saturated rings. The SMILES string of the molecule is CCNCC1=CC2(C)CCC1C1(OC3CC4(O)C5=CC(=O)C6C7c8cc(O)cc(O)c8CCC7(O)C(O)CC6(C)C5C5(CCC6C=c7ccccc7=CC65)CC4(C)C3C1(O)CCO)C(O)C2C. The van der Waals surface area contributed by atoms with E-state index in [1.165, 1.54) is 11.3 Å². The number of fused-ring (bicyclic) bond motifs is 17. The number of phenolic OH excluding ortho intramolecular Hbond substituents is 2. The average Bonchev–Trinajstić information content (AvgIpc) is 3.80. The van der Waals surface area contributed by atoms with Gasteiger partial charge >= 0.3 is 0 Å². The predicted octanol–water partition coefficient (Wildman–Crippen LogP) is 4.03. The van der Waals surface area contributed by atoms with Crippen molar-refractivity contribution in [2.24, 2.45) is 63.1 Å². The maximum absolute atomic E-state index is 15.7. The largest absolute Gasteiger partial charge is 0.508 e. The second-order valence-corrected chi connectivity index (χ2v) is 24.4. The van der Waals surface area contributed by atoms with Crippen LogP contribution in [0.25, 0.3) is 12.2 Å². The van der Waals surface area contributed by atoms with Crippen LogP contribution in [0.3, 0.4) is 0 Å². The quantitative estimate of drug-likeness (QED) is 0.196. The van der Waals surface area contributed by atoms with Gasteiger partial charge in [0.1, 0.15) is 22.7 Å². The molecule has 13 rings (SSSR count). The number of carbonyl (C=O) groups is 1. The molecule has 1 saturated heterocycles. The van der Waals surface area contributed by atoms with Crippen molar-refractivity contribution in [1.29, 1.82) is 0 Å². The molecular formula is C56H71NO10. The number of ether oxygens (including phenoxy) is 1. The predicted molar refractivity (Wildman–Crippen MR) is 251 cm³/mol. The van der Waals surface area contributed by atoms with Gasteiger partial charge in [-0.25, -0.2) is 0 Å². The lowest BCUT2D eigenvalue weighted by Crippen LogP contribution is -2.73. The topological polar surface area (TPSA) is 200 Å². The van der Waals surface area contributed by atoms with E-state index in [-0.39, 0.29) is 85.1 Å². The number of aliphatic hydroxyl groups excluding tert-OH is 3. The van der Waals surface area contributed by atoms with Crippen molar-refractivity contribution in [2.45, 2.75) is 145 Å². The number of phenols is 2. The Morgan fingerprint density at radius 3 is 2.40 bits per heavy atom. The molecule has 11 heteroatoms. The zero-order valence-corrected chi connectivity index (χ0v) is 39.7. The van der Waals surface area contributed by atoms with E-state index in [9.17, 15) is 40.9 Å². The van der Waals surface area contributed by atoms with Crippen LogP contribution in [0.1, 0.15) is 109 Å². The highest BCUT2D eigenvalue weighted by Gasteiger charge is 2.85. The molecule has 2 aromatic rings. The van der Waals surface area contributed by atoms with Gasteiger partial charge in [0.15, 0.2) is 5.78 Å². The van der Waals surface area contributed by atoms with Gasteiger partial charge in [-0.15, -0.1) is 0 Å². The van der Waals surface area contributed by atoms with Gasteiger partial charge in [0, 0.05) is 61.1 Å². The maximum Gasteiger partial charge on any atom is 0.160 e. The lowest BCUT2D eigenvalue weighted by Gasteiger charge is -2.70. The molecule has 19 atom stereocenters. The summed E-state index contributed by atoms with van der Waals surface area (Å²) in [4.78, 5) is 15.7. The third-order valence-electron chi connectivity index (χ3n) is 21.8. The number of carbonyl (C=O) groups excluding carboxylic acids is 1. The van der Waals surface area contributed by atoms with E-state index in [0.717, 1.165) is 36.6 Å². The van der Waals surface area contributed by atoms with Gasteiger partial charge in [0.25, 0.3) is 0 Å². The molecule has 360 valence electrons. The number of benzene rings is 2. The maximum atomic E-state index is 15.7. The fourth-order valence-corrected chi connectivity index (χ4v) is 19.2. The minimum atomic E-state index is -1.80. The van der Waals surface area contributed by atoms with Crippen LogP contribution in [0.4, 0.5) is 0 Å². The first-order valence-corrected chi connectivity index (χ1v) is 25.5. The third kappa shape index (κ3) is 5.23. The Hall–Kier alpha value is -3.39. The van der Waals surface area contributed by atoms with Crippen LogP contribution < -0.4 is 15.8 Å². The zero-order chi connectivity index (χ0) is 47.2. The highest BCUT2D eigenvalue weighted by atomic mass is 16.6. The van der Waals surface area contributed by atoms with E-state index in [2.05, 4.69) is 82.4 Å². The molecule has 10 aliphatic carbocycles. The van der Waals surface area contributed by atoms with Gasteiger partial charge in [0.05, 0.1) is 29.5 Å². The first kappa shape index (κ1) is 44.8. The van der Waals surface area contributed by atoms with E-state index in [0.29, 0.717) is 36.1 Å². The summed E-state index contributed by atoms with van der Waals surface area (Å²) < 4.78 is 7.57. The summed E-state index contributed by atoms with van der Waals surface area (Å²) in [6.45, 7) is 11.5. The third-order valence-corrected chi connectivity index (χ3v) is 21.8. The fourth-order valence-electron chi connectivity index (χ4n) is 19.2. The second kappa shape index (κ2) is 14.1. The van der Waals surface area contributed by atoms with Crippen molar-refractivity contribution in [3.05, 3.63) is 81.3 Å². The van der Waals surface area contributed by atoms with Gasteiger partial charge in [0.2, 0.25) is 0 Å². The molecule has 11 nitrogen and oxygen atoms in total. The first-order valence-electron chi connectivity index (χ1n) is 25.5. The molecule has 11 aliphatic rings. The summed E-state index contributed by atoms with van der Waals surface area (Å²) in [5, 5.41) is 106. The van der Waals surface area contributed by atoms with Crippen LogP contribution >= 0.6 is 0 Å². The van der Waals surface area contributed by atoms with Gasteiger partial charge in [-0.3, -0.25) is 4.79 Å². The van der Waals surface area contributed by atoms with E-state index >= 15 is 4.79 Å². The summed E-state index contributed by atoms with van der Waals surface area (Å²) in [5.41, 5.74) is -7.13. The Balaban J connectivity index is 1.08. The van der Waals surface area contributed by atoms with Crippen molar-refractivity contribution in [3.63, 3.8) is 0 Å². The minimum absolute atomic E-state index is 0.0651. The summed E-state index contributed by atoms with van der Waals surface area (Å²) in [6, 6.07) is 11.2. The van der Waals surface area contributed by atoms with Crippen molar-refractivity contribution in [1.82, 2.24) is 5.32 Å². The Bertz CT molecular complexity index is 2660. The molecule has 5 saturated carbocycles. The molecule has 2 bridgehead atoms. The van der Waals surface area contributed by atoms with E-state index < -0.39 is 80.6 Å². The van der Waals surface area contributed by atoms with Gasteiger partial charge in [-0.1, -0.05) is 82.7 Å². The Morgan fingerprint density at radius 2 is 1.67 bits per heavy atom. The molecule has 2 aromatic carbocycles. The monoisotopic (exact) mass is 918 g/mol. The lowest BCUT2D eigenvalue weighted by molar-refractivity contribution is -0.255. The Kier molecular flexibility index (Phi) is 9.46. The highest BCUT2D eigenvalue weighted by molar-refractivity contribution is 5.96. The first-order chi connectivity index (χ1) is 31.7. The number of rotatable bonds is 5. The van der Waals surface area contributed by atoms with E-state index in [1.807, 2.05) is 0 Å². The molecule has 1 heterocycles. The molecule has 2 spiro atoms. The van der Waals surface area contributed by atoms with Crippen LogP contribution in [-0.4, -0.2) is 107 Å². The van der Waals surface area contributed by atoms with Crippen LogP contribution in [0.2, 0.25) is 0 Å². The number of aliphatic hydroxyl groups is 6. The summed E-state index contributed by atoms with van der Waals surface area (Å²) >= 11 is 0. The number of likely N-dealkylation sites (N-methyl/N-ethyl adjacent to an activating group) is 1. The summed E-state index contributed by atoms with van der Waals surface area (Å²) in [7, 11) is 0. The molecule has 0 radical (unpaired) electrons. The molecule has 67 heavy (non-hydrogen) atoms. The van der Waals surface area contributed by atoms with Crippen LogP contribution in [-0.2, 0) is 16.0 Å². The molecule has 19 unspecified atom stereocenters. The lowest BCUT2D eigenvalue weighted by atomic mass is 9.35. The fraction of sp³-hybridized carbons (Fsp3) is 0.661. The number of hydrogen-bond donors (Lipinski definition) is 9. The number of aromatic hydroxyl groups is 2. The van der Waals surface area contributed by atoms with Crippen LogP contribution in [0.5, 0.6) is 11.5 Å².